The van der Waals surface area contributed by atoms with Gasteiger partial charge in [-0.3, -0.25) is 0 Å². The first-order valence-electron chi connectivity index (χ1n) is 6.15. The number of hydrogen-bond acceptors (Lipinski definition) is 2. The summed E-state index contributed by atoms with van der Waals surface area (Å²) >= 11 is 0. The van der Waals surface area contributed by atoms with E-state index < -0.39 is 18.8 Å². The Morgan fingerprint density at radius 1 is 1.00 bits per heavy atom. The summed E-state index contributed by atoms with van der Waals surface area (Å²) in [5, 5.41) is 3.33. The highest BCUT2D eigenvalue weighted by molar-refractivity contribution is 7.70. The van der Waals surface area contributed by atoms with Crippen molar-refractivity contribution in [3.8, 4) is 0 Å². The molecule has 2 aromatic rings. The first-order chi connectivity index (χ1) is 9.27. The monoisotopic (exact) mass is 295 g/mol. The SMILES string of the molecule is Cc1ccc(Nc2cc(F)ccc2P(C)(C)=O)c(F)c1. The van der Waals surface area contributed by atoms with Crippen LogP contribution in [0, 0.1) is 18.6 Å². The van der Waals surface area contributed by atoms with E-state index >= 15 is 0 Å². The quantitative estimate of drug-likeness (QED) is 0.857. The zero-order valence-corrected chi connectivity index (χ0v) is 12.5. The highest BCUT2D eigenvalue weighted by Gasteiger charge is 2.17. The smallest absolute Gasteiger partial charge is 0.146 e. The van der Waals surface area contributed by atoms with Crippen LogP contribution < -0.4 is 10.6 Å². The minimum atomic E-state index is -2.59. The number of nitrogens with one attached hydrogen (secondary N) is 1. The van der Waals surface area contributed by atoms with Crippen molar-refractivity contribution >= 4 is 23.8 Å². The van der Waals surface area contributed by atoms with Crippen LogP contribution in [0.4, 0.5) is 20.2 Å². The molecule has 0 aliphatic rings. The van der Waals surface area contributed by atoms with Gasteiger partial charge in [-0.15, -0.1) is 0 Å². The first-order valence-corrected chi connectivity index (χ1v) is 8.76. The van der Waals surface area contributed by atoms with Crippen LogP contribution in [0.15, 0.2) is 36.4 Å². The maximum atomic E-state index is 13.8. The van der Waals surface area contributed by atoms with Crippen LogP contribution in [0.25, 0.3) is 0 Å². The van der Waals surface area contributed by atoms with Crippen LogP contribution in [-0.2, 0) is 4.57 Å². The molecule has 5 heteroatoms. The summed E-state index contributed by atoms with van der Waals surface area (Å²) in [6, 6.07) is 8.68. The van der Waals surface area contributed by atoms with Gasteiger partial charge in [-0.1, -0.05) is 6.07 Å². The summed E-state index contributed by atoms with van der Waals surface area (Å²) in [5.74, 6) is -0.889. The summed E-state index contributed by atoms with van der Waals surface area (Å²) in [4.78, 5) is 0. The number of rotatable bonds is 3. The highest BCUT2D eigenvalue weighted by Crippen LogP contribution is 2.38. The van der Waals surface area contributed by atoms with E-state index in [1.54, 1.807) is 32.4 Å². The van der Waals surface area contributed by atoms with Gasteiger partial charge in [-0.2, -0.15) is 0 Å². The van der Waals surface area contributed by atoms with Crippen molar-refractivity contribution in [2.24, 2.45) is 0 Å². The third-order valence-electron chi connectivity index (χ3n) is 2.93. The van der Waals surface area contributed by atoms with E-state index in [2.05, 4.69) is 5.32 Å². The lowest BCUT2D eigenvalue weighted by atomic mass is 10.2. The highest BCUT2D eigenvalue weighted by atomic mass is 31.2. The summed E-state index contributed by atoms with van der Waals surface area (Å²) in [6.45, 7) is 4.97. The average Bonchev–Trinajstić information content (AvgIpc) is 2.31. The van der Waals surface area contributed by atoms with E-state index in [0.717, 1.165) is 5.56 Å². The third kappa shape index (κ3) is 3.26. The van der Waals surface area contributed by atoms with Crippen LogP contribution in [0.3, 0.4) is 0 Å². The van der Waals surface area contributed by atoms with Gasteiger partial charge in [-0.05, 0) is 56.1 Å². The molecule has 1 N–H and O–H groups in total. The Balaban J connectivity index is 2.47. The van der Waals surface area contributed by atoms with E-state index in [1.807, 2.05) is 0 Å². The molecule has 0 aromatic heterocycles. The summed E-state index contributed by atoms with van der Waals surface area (Å²) in [6.07, 6.45) is 0. The standard InChI is InChI=1S/C15H16F2NOP/c1-10-4-6-13(12(17)8-10)18-14-9-11(16)5-7-15(14)20(2,3)19/h4-9,18H,1-3H3. The second-order valence-electron chi connectivity index (χ2n) is 5.12. The normalized spacial score (nSPS) is 11.4. The molecule has 106 valence electrons. The number of anilines is 2. The van der Waals surface area contributed by atoms with Crippen LogP contribution in [0.5, 0.6) is 0 Å². The zero-order chi connectivity index (χ0) is 14.9. The fourth-order valence-corrected chi connectivity index (χ4v) is 3.08. The van der Waals surface area contributed by atoms with Gasteiger partial charge in [0.1, 0.15) is 18.8 Å². The largest absolute Gasteiger partial charge is 0.352 e. The minimum absolute atomic E-state index is 0.232. The van der Waals surface area contributed by atoms with Crippen molar-refractivity contribution in [2.45, 2.75) is 6.92 Å². The molecule has 0 saturated heterocycles. The molecule has 0 spiro atoms. The van der Waals surface area contributed by atoms with Crippen molar-refractivity contribution < 1.29 is 13.3 Å². The van der Waals surface area contributed by atoms with Crippen molar-refractivity contribution in [1.29, 1.82) is 0 Å². The number of halogens is 2. The Hall–Kier alpha value is -1.67. The molecule has 0 saturated carbocycles. The van der Waals surface area contributed by atoms with Gasteiger partial charge in [0.05, 0.1) is 11.4 Å². The maximum Gasteiger partial charge on any atom is 0.146 e. The molecule has 0 unspecified atom stereocenters. The maximum absolute atomic E-state index is 13.8. The van der Waals surface area contributed by atoms with E-state index in [9.17, 15) is 13.3 Å². The lowest BCUT2D eigenvalue weighted by molar-refractivity contribution is 0.588. The second kappa shape index (κ2) is 5.37. The molecule has 0 amide bonds. The van der Waals surface area contributed by atoms with Crippen LogP contribution >= 0.6 is 7.14 Å². The second-order valence-corrected chi connectivity index (χ2v) is 8.30. The molecule has 0 bridgehead atoms. The van der Waals surface area contributed by atoms with Gasteiger partial charge < -0.3 is 9.88 Å². The Morgan fingerprint density at radius 2 is 1.70 bits per heavy atom. The lowest BCUT2D eigenvalue weighted by Crippen LogP contribution is -2.10. The molecule has 0 heterocycles. The molecule has 0 aliphatic heterocycles. The predicted molar refractivity (Wildman–Crippen MR) is 79.9 cm³/mol. The van der Waals surface area contributed by atoms with Crippen molar-refractivity contribution in [1.82, 2.24) is 0 Å². The topological polar surface area (TPSA) is 29.1 Å². The molecule has 20 heavy (non-hydrogen) atoms. The van der Waals surface area contributed by atoms with E-state index in [-0.39, 0.29) is 5.69 Å². The van der Waals surface area contributed by atoms with Gasteiger partial charge in [0.15, 0.2) is 0 Å². The average molecular weight is 295 g/mol. The summed E-state index contributed by atoms with van der Waals surface area (Å²) < 4.78 is 39.4. The van der Waals surface area contributed by atoms with Gasteiger partial charge in [0.2, 0.25) is 0 Å². The van der Waals surface area contributed by atoms with E-state index in [4.69, 9.17) is 0 Å². The number of aryl methyl sites for hydroxylation is 1. The lowest BCUT2D eigenvalue weighted by Gasteiger charge is -2.16. The molecule has 0 fully saturated rings. The van der Waals surface area contributed by atoms with Crippen LogP contribution in [-0.4, -0.2) is 13.3 Å². The predicted octanol–water partition coefficient (Wildman–Crippen LogP) is 4.26. The van der Waals surface area contributed by atoms with Gasteiger partial charge in [0.25, 0.3) is 0 Å². The molecular weight excluding hydrogens is 279 g/mol. The molecule has 0 radical (unpaired) electrons. The van der Waals surface area contributed by atoms with Crippen LogP contribution in [0.2, 0.25) is 0 Å². The van der Waals surface area contributed by atoms with Gasteiger partial charge in [0, 0.05) is 5.30 Å². The zero-order valence-electron chi connectivity index (χ0n) is 11.6. The molecular formula is C15H16F2NOP. The summed E-state index contributed by atoms with van der Waals surface area (Å²) in [7, 11) is -2.59. The fourth-order valence-electron chi connectivity index (χ4n) is 1.94. The van der Waals surface area contributed by atoms with Gasteiger partial charge in [-0.25, -0.2) is 8.78 Å². The Bertz CT molecular complexity index is 694. The first kappa shape index (κ1) is 14.7. The molecule has 0 aliphatic carbocycles. The summed E-state index contributed by atoms with van der Waals surface area (Å²) in [5.41, 5.74) is 1.36. The molecule has 0 atom stereocenters. The minimum Gasteiger partial charge on any atom is -0.352 e. The molecule has 2 nitrogen and oxygen atoms in total. The Kier molecular flexibility index (Phi) is 3.96. The fraction of sp³-hybridized carbons (Fsp3) is 0.200. The van der Waals surface area contributed by atoms with Crippen LogP contribution in [0.1, 0.15) is 5.56 Å². The number of benzene rings is 2. The third-order valence-corrected chi connectivity index (χ3v) is 4.48. The van der Waals surface area contributed by atoms with Crippen molar-refractivity contribution in [3.05, 3.63) is 53.6 Å². The van der Waals surface area contributed by atoms with E-state index in [0.29, 0.717) is 11.0 Å². The molecule has 2 aromatic carbocycles. The van der Waals surface area contributed by atoms with E-state index in [1.165, 1.54) is 24.3 Å². The Morgan fingerprint density at radius 3 is 2.30 bits per heavy atom. The number of hydrogen-bond donors (Lipinski definition) is 1. The molecule has 2 rings (SSSR count). The van der Waals surface area contributed by atoms with Gasteiger partial charge >= 0.3 is 0 Å². The van der Waals surface area contributed by atoms with Crippen molar-refractivity contribution in [3.63, 3.8) is 0 Å². The Labute approximate surface area is 117 Å². The van der Waals surface area contributed by atoms with Crippen molar-refractivity contribution in [2.75, 3.05) is 18.6 Å².